The highest BCUT2D eigenvalue weighted by atomic mass is 16.5. The summed E-state index contributed by atoms with van der Waals surface area (Å²) in [6.07, 6.45) is 0.155. The fourth-order valence-electron chi connectivity index (χ4n) is 3.28. The monoisotopic (exact) mass is 319 g/mol. The van der Waals surface area contributed by atoms with Crippen LogP contribution in [0.1, 0.15) is 23.9 Å². The Labute approximate surface area is 142 Å². The van der Waals surface area contributed by atoms with E-state index in [1.807, 2.05) is 37.3 Å². The summed E-state index contributed by atoms with van der Waals surface area (Å²) < 4.78 is 6.05. The Morgan fingerprint density at radius 3 is 2.58 bits per heavy atom. The molecule has 1 aromatic heterocycles. The Balaban J connectivity index is 1.64. The van der Waals surface area contributed by atoms with Crippen LogP contribution < -0.4 is 4.74 Å². The molecule has 0 saturated carbocycles. The van der Waals surface area contributed by atoms with E-state index in [-0.39, 0.29) is 6.10 Å². The molecule has 0 bridgehead atoms. The molecule has 1 atom stereocenters. The van der Waals surface area contributed by atoms with Crippen LogP contribution in [-0.4, -0.2) is 27.5 Å². The van der Waals surface area contributed by atoms with Gasteiger partial charge in [-0.3, -0.25) is 4.90 Å². The second-order valence-corrected chi connectivity index (χ2v) is 6.45. The van der Waals surface area contributed by atoms with Crippen molar-refractivity contribution in [3.05, 3.63) is 65.5 Å². The molecular formula is C20H21N3O. The molecule has 2 heterocycles. The van der Waals surface area contributed by atoms with Gasteiger partial charge < -0.3 is 4.74 Å². The van der Waals surface area contributed by atoms with E-state index in [4.69, 9.17) is 14.7 Å². The minimum atomic E-state index is 0.155. The van der Waals surface area contributed by atoms with E-state index in [0.29, 0.717) is 0 Å². The molecule has 2 aromatic carbocycles. The molecule has 24 heavy (non-hydrogen) atoms. The van der Waals surface area contributed by atoms with Gasteiger partial charge in [0.1, 0.15) is 11.9 Å². The van der Waals surface area contributed by atoms with Crippen molar-refractivity contribution in [2.45, 2.75) is 33.0 Å². The third kappa shape index (κ3) is 2.97. The molecule has 1 unspecified atom stereocenters. The van der Waals surface area contributed by atoms with Crippen molar-refractivity contribution < 1.29 is 4.74 Å². The van der Waals surface area contributed by atoms with E-state index in [2.05, 4.69) is 30.0 Å². The van der Waals surface area contributed by atoms with Gasteiger partial charge >= 0.3 is 0 Å². The van der Waals surface area contributed by atoms with E-state index >= 15 is 0 Å². The minimum absolute atomic E-state index is 0.155. The van der Waals surface area contributed by atoms with Crippen LogP contribution in [0.5, 0.6) is 5.75 Å². The number of rotatable bonds is 2. The number of fused-ring (bicyclic) bond motifs is 2. The van der Waals surface area contributed by atoms with Gasteiger partial charge in [0.15, 0.2) is 0 Å². The summed E-state index contributed by atoms with van der Waals surface area (Å²) in [5.41, 5.74) is 5.18. The summed E-state index contributed by atoms with van der Waals surface area (Å²) in [6, 6.07) is 16.3. The lowest BCUT2D eigenvalue weighted by molar-refractivity contribution is 0.155. The van der Waals surface area contributed by atoms with Gasteiger partial charge in [-0.15, -0.1) is 0 Å². The molecule has 4 heteroatoms. The standard InChI is InChI=1S/C20H21N3O/c1-14-11-23(12-16-7-3-6-10-20(16)24-14)13-19-15(2)21-17-8-4-5-9-18(17)22-19/h3-10,14H,11-13H2,1-2H3. The van der Waals surface area contributed by atoms with Crippen LogP contribution in [0.2, 0.25) is 0 Å². The maximum atomic E-state index is 6.05. The van der Waals surface area contributed by atoms with Gasteiger partial charge in [0.05, 0.1) is 22.4 Å². The van der Waals surface area contributed by atoms with Crippen molar-refractivity contribution in [2.24, 2.45) is 0 Å². The Morgan fingerprint density at radius 2 is 1.75 bits per heavy atom. The van der Waals surface area contributed by atoms with Crippen LogP contribution in [0.4, 0.5) is 0 Å². The fourth-order valence-corrected chi connectivity index (χ4v) is 3.28. The zero-order valence-electron chi connectivity index (χ0n) is 14.1. The van der Waals surface area contributed by atoms with Crippen molar-refractivity contribution in [1.82, 2.24) is 14.9 Å². The molecule has 0 saturated heterocycles. The number of hydrogen-bond donors (Lipinski definition) is 0. The predicted molar refractivity (Wildman–Crippen MR) is 94.9 cm³/mol. The molecule has 1 aliphatic heterocycles. The first kappa shape index (κ1) is 15.1. The van der Waals surface area contributed by atoms with Crippen LogP contribution in [-0.2, 0) is 13.1 Å². The second-order valence-electron chi connectivity index (χ2n) is 6.45. The minimum Gasteiger partial charge on any atom is -0.489 e. The Hall–Kier alpha value is -2.46. The van der Waals surface area contributed by atoms with Crippen LogP contribution in [0.25, 0.3) is 11.0 Å². The zero-order chi connectivity index (χ0) is 16.5. The third-order valence-electron chi connectivity index (χ3n) is 4.43. The molecule has 4 nitrogen and oxygen atoms in total. The van der Waals surface area contributed by atoms with E-state index in [0.717, 1.165) is 47.8 Å². The van der Waals surface area contributed by atoms with Gasteiger partial charge in [0.25, 0.3) is 0 Å². The van der Waals surface area contributed by atoms with Gasteiger partial charge in [-0.2, -0.15) is 0 Å². The third-order valence-corrected chi connectivity index (χ3v) is 4.43. The number of hydrogen-bond acceptors (Lipinski definition) is 4. The molecule has 1 aliphatic rings. The highest BCUT2D eigenvalue weighted by Gasteiger charge is 2.21. The van der Waals surface area contributed by atoms with Crippen molar-refractivity contribution in [3.63, 3.8) is 0 Å². The molecule has 0 radical (unpaired) electrons. The number of aromatic nitrogens is 2. The summed E-state index contributed by atoms with van der Waals surface area (Å²) in [4.78, 5) is 11.9. The van der Waals surface area contributed by atoms with Gasteiger partial charge in [0, 0.05) is 25.2 Å². The van der Waals surface area contributed by atoms with Crippen LogP contribution in [0.3, 0.4) is 0 Å². The van der Waals surface area contributed by atoms with Gasteiger partial charge in [-0.05, 0) is 32.0 Å². The molecule has 0 spiro atoms. The van der Waals surface area contributed by atoms with Gasteiger partial charge in [-0.25, -0.2) is 9.97 Å². The molecule has 3 aromatic rings. The average molecular weight is 319 g/mol. The summed E-state index contributed by atoms with van der Waals surface area (Å²) in [6.45, 7) is 6.69. The Morgan fingerprint density at radius 1 is 1.04 bits per heavy atom. The van der Waals surface area contributed by atoms with E-state index < -0.39 is 0 Å². The summed E-state index contributed by atoms with van der Waals surface area (Å²) >= 11 is 0. The largest absolute Gasteiger partial charge is 0.489 e. The van der Waals surface area contributed by atoms with Gasteiger partial charge in [-0.1, -0.05) is 30.3 Å². The smallest absolute Gasteiger partial charge is 0.124 e. The highest BCUT2D eigenvalue weighted by molar-refractivity contribution is 5.74. The van der Waals surface area contributed by atoms with Crippen LogP contribution in [0.15, 0.2) is 48.5 Å². The summed E-state index contributed by atoms with van der Waals surface area (Å²) in [5, 5.41) is 0. The van der Waals surface area contributed by atoms with E-state index in [1.165, 1.54) is 5.56 Å². The molecule has 0 N–H and O–H groups in total. The number of ether oxygens (including phenoxy) is 1. The maximum Gasteiger partial charge on any atom is 0.124 e. The lowest BCUT2D eigenvalue weighted by Crippen LogP contribution is -2.31. The van der Waals surface area contributed by atoms with Crippen molar-refractivity contribution in [3.8, 4) is 5.75 Å². The van der Waals surface area contributed by atoms with E-state index in [1.54, 1.807) is 0 Å². The van der Waals surface area contributed by atoms with Crippen LogP contribution in [0, 0.1) is 6.92 Å². The Kier molecular flexibility index (Phi) is 3.90. The average Bonchev–Trinajstić information content (AvgIpc) is 2.72. The van der Waals surface area contributed by atoms with E-state index in [9.17, 15) is 0 Å². The number of nitrogens with zero attached hydrogens (tertiary/aromatic N) is 3. The van der Waals surface area contributed by atoms with Crippen molar-refractivity contribution in [1.29, 1.82) is 0 Å². The molecule has 0 aliphatic carbocycles. The number of benzene rings is 2. The molecule has 0 amide bonds. The number of para-hydroxylation sites is 3. The zero-order valence-corrected chi connectivity index (χ0v) is 14.1. The summed E-state index contributed by atoms with van der Waals surface area (Å²) in [5.74, 6) is 0.994. The first-order valence-electron chi connectivity index (χ1n) is 8.38. The lowest BCUT2D eigenvalue weighted by Gasteiger charge is -2.22. The number of aryl methyl sites for hydroxylation is 1. The summed E-state index contributed by atoms with van der Waals surface area (Å²) in [7, 11) is 0. The lowest BCUT2D eigenvalue weighted by atomic mass is 10.2. The molecular weight excluding hydrogens is 298 g/mol. The van der Waals surface area contributed by atoms with Crippen molar-refractivity contribution in [2.75, 3.05) is 6.54 Å². The fraction of sp³-hybridized carbons (Fsp3) is 0.300. The maximum absolute atomic E-state index is 6.05. The van der Waals surface area contributed by atoms with Crippen LogP contribution >= 0.6 is 0 Å². The van der Waals surface area contributed by atoms with Crippen molar-refractivity contribution >= 4 is 11.0 Å². The predicted octanol–water partition coefficient (Wildman–Crippen LogP) is 3.72. The normalized spacial score (nSPS) is 18.0. The second kappa shape index (κ2) is 6.21. The first-order valence-corrected chi connectivity index (χ1v) is 8.38. The van der Waals surface area contributed by atoms with Gasteiger partial charge in [0.2, 0.25) is 0 Å². The highest BCUT2D eigenvalue weighted by Crippen LogP contribution is 2.26. The SMILES string of the molecule is Cc1nc2ccccc2nc1CN1Cc2ccccc2OC(C)C1. The Bertz CT molecular complexity index is 878. The quantitative estimate of drug-likeness (QED) is 0.721. The molecule has 0 fully saturated rings. The first-order chi connectivity index (χ1) is 11.7. The topological polar surface area (TPSA) is 38.2 Å². The molecule has 4 rings (SSSR count). The molecule has 122 valence electrons.